The van der Waals surface area contributed by atoms with E-state index in [0.717, 1.165) is 16.5 Å². The van der Waals surface area contributed by atoms with Crippen molar-refractivity contribution in [1.82, 2.24) is 25.4 Å². The number of anilines is 1. The molecule has 1 aliphatic heterocycles. The molecule has 0 spiro atoms. The average Bonchev–Trinajstić information content (AvgIpc) is 3.27. The molecule has 3 aromatic rings. The molecule has 0 aliphatic carbocycles. The smallest absolute Gasteiger partial charge is 0.319 e. The first-order valence-electron chi connectivity index (χ1n) is 12.6. The van der Waals surface area contributed by atoms with Crippen LogP contribution in [0, 0.1) is 0 Å². The number of piperazine rings is 1. The third-order valence-electron chi connectivity index (χ3n) is 6.49. The number of H-pyrrole nitrogens is 1. The lowest BCUT2D eigenvalue weighted by molar-refractivity contribution is -0.135. The van der Waals surface area contributed by atoms with Crippen molar-refractivity contribution in [3.05, 3.63) is 64.3 Å². The van der Waals surface area contributed by atoms with Gasteiger partial charge in [0, 0.05) is 60.3 Å². The minimum absolute atomic E-state index is 0.0202. The van der Waals surface area contributed by atoms with Crippen LogP contribution in [0.2, 0.25) is 10.0 Å². The summed E-state index contributed by atoms with van der Waals surface area (Å²) in [6.45, 7) is 6.86. The highest BCUT2D eigenvalue weighted by atomic mass is 35.5. The standard InChI is InChI=1S/C27H32Cl2N6O3/c1-16(2)31-27(38)35-11-10-34(15-17(35)3)25(36)24(12-18-14-30-22-7-5-4-6-20(18)22)33-26(37)32-23-9-8-19(28)13-21(23)29/h4-9,13-14,16-17,24,30H,10-12,15H2,1-3H3,(H,31,38)(H2,32,33,37). The van der Waals surface area contributed by atoms with Crippen molar-refractivity contribution in [2.45, 2.75) is 45.3 Å². The van der Waals surface area contributed by atoms with Crippen LogP contribution >= 0.6 is 23.2 Å². The Bertz CT molecular complexity index is 1330. The maximum atomic E-state index is 13.8. The molecule has 2 aromatic carbocycles. The Kier molecular flexibility index (Phi) is 8.69. The molecule has 9 nitrogen and oxygen atoms in total. The Morgan fingerprint density at radius 1 is 1.08 bits per heavy atom. The van der Waals surface area contributed by atoms with E-state index in [1.807, 2.05) is 51.2 Å². The summed E-state index contributed by atoms with van der Waals surface area (Å²) in [5.41, 5.74) is 2.24. The molecule has 1 fully saturated rings. The lowest BCUT2D eigenvalue weighted by Gasteiger charge is -2.41. The summed E-state index contributed by atoms with van der Waals surface area (Å²) < 4.78 is 0. The van der Waals surface area contributed by atoms with Crippen LogP contribution in [-0.4, -0.2) is 70.5 Å². The van der Waals surface area contributed by atoms with Gasteiger partial charge >= 0.3 is 12.1 Å². The molecule has 202 valence electrons. The van der Waals surface area contributed by atoms with Gasteiger partial charge in [0.05, 0.1) is 10.7 Å². The van der Waals surface area contributed by atoms with Crippen LogP contribution < -0.4 is 16.0 Å². The monoisotopic (exact) mass is 558 g/mol. The van der Waals surface area contributed by atoms with Gasteiger partial charge in [0.15, 0.2) is 0 Å². The highest BCUT2D eigenvalue weighted by molar-refractivity contribution is 6.36. The largest absolute Gasteiger partial charge is 0.361 e. The zero-order valence-electron chi connectivity index (χ0n) is 21.6. The Morgan fingerprint density at radius 2 is 1.84 bits per heavy atom. The second-order valence-electron chi connectivity index (χ2n) is 9.77. The number of rotatable bonds is 6. The Labute approximate surface area is 231 Å². The Hall–Kier alpha value is -3.43. The molecule has 5 amide bonds. The number of para-hydroxylation sites is 1. The molecule has 4 N–H and O–H groups in total. The third kappa shape index (κ3) is 6.52. The molecular formula is C27H32Cl2N6O3. The number of carbonyl (C=O) groups is 3. The van der Waals surface area contributed by atoms with E-state index in [-0.39, 0.29) is 35.5 Å². The zero-order valence-corrected chi connectivity index (χ0v) is 23.1. The van der Waals surface area contributed by atoms with Gasteiger partial charge < -0.3 is 30.7 Å². The number of amides is 5. The summed E-state index contributed by atoms with van der Waals surface area (Å²) in [5.74, 6) is -0.219. The fourth-order valence-corrected chi connectivity index (χ4v) is 5.09. The third-order valence-corrected chi connectivity index (χ3v) is 7.04. The highest BCUT2D eigenvalue weighted by Gasteiger charge is 2.34. The van der Waals surface area contributed by atoms with Crippen LogP contribution in [0.1, 0.15) is 26.3 Å². The maximum absolute atomic E-state index is 13.8. The molecule has 1 aromatic heterocycles. The van der Waals surface area contributed by atoms with Gasteiger partial charge in [-0.05, 0) is 50.6 Å². The summed E-state index contributed by atoms with van der Waals surface area (Å²) in [5, 5.41) is 10.2. The molecule has 4 rings (SSSR count). The van der Waals surface area contributed by atoms with Gasteiger partial charge in [-0.2, -0.15) is 0 Å². The van der Waals surface area contributed by atoms with Crippen molar-refractivity contribution in [1.29, 1.82) is 0 Å². The molecule has 2 atom stereocenters. The van der Waals surface area contributed by atoms with E-state index in [1.165, 1.54) is 6.07 Å². The number of fused-ring (bicyclic) bond motifs is 1. The van der Waals surface area contributed by atoms with Gasteiger partial charge in [0.2, 0.25) is 5.91 Å². The molecule has 1 saturated heterocycles. The Balaban J connectivity index is 1.51. The first kappa shape index (κ1) is 27.6. The number of nitrogens with one attached hydrogen (secondary N) is 4. The molecule has 0 bridgehead atoms. The minimum Gasteiger partial charge on any atom is -0.361 e. The van der Waals surface area contributed by atoms with Crippen LogP contribution in [0.3, 0.4) is 0 Å². The number of aromatic amines is 1. The molecule has 11 heteroatoms. The van der Waals surface area contributed by atoms with Crippen molar-refractivity contribution in [2.24, 2.45) is 0 Å². The van der Waals surface area contributed by atoms with Crippen LogP contribution in [0.15, 0.2) is 48.7 Å². The zero-order chi connectivity index (χ0) is 27.4. The van der Waals surface area contributed by atoms with E-state index in [4.69, 9.17) is 23.2 Å². The van der Waals surface area contributed by atoms with E-state index in [2.05, 4.69) is 20.9 Å². The number of hydrogen-bond acceptors (Lipinski definition) is 3. The van der Waals surface area contributed by atoms with Crippen LogP contribution in [0.25, 0.3) is 10.9 Å². The van der Waals surface area contributed by atoms with Crippen LogP contribution in [0.4, 0.5) is 15.3 Å². The van der Waals surface area contributed by atoms with Crippen molar-refractivity contribution < 1.29 is 14.4 Å². The first-order valence-corrected chi connectivity index (χ1v) is 13.3. The van der Waals surface area contributed by atoms with E-state index in [1.54, 1.807) is 21.9 Å². The normalized spacial score (nSPS) is 16.4. The van der Waals surface area contributed by atoms with E-state index < -0.39 is 12.1 Å². The molecule has 0 saturated carbocycles. The van der Waals surface area contributed by atoms with E-state index in [0.29, 0.717) is 30.3 Å². The number of nitrogens with zero attached hydrogens (tertiary/aromatic N) is 2. The van der Waals surface area contributed by atoms with Gasteiger partial charge in [-0.15, -0.1) is 0 Å². The quantitative estimate of drug-likeness (QED) is 0.346. The van der Waals surface area contributed by atoms with Gasteiger partial charge in [-0.3, -0.25) is 4.79 Å². The fourth-order valence-electron chi connectivity index (χ4n) is 4.64. The fraction of sp³-hybridized carbons (Fsp3) is 0.370. The lowest BCUT2D eigenvalue weighted by atomic mass is 10.0. The summed E-state index contributed by atoms with van der Waals surface area (Å²) in [6, 6.07) is 10.8. The predicted molar refractivity (Wildman–Crippen MR) is 151 cm³/mol. The first-order chi connectivity index (χ1) is 18.1. The van der Waals surface area contributed by atoms with Crippen molar-refractivity contribution in [3.63, 3.8) is 0 Å². The number of benzene rings is 2. The van der Waals surface area contributed by atoms with Gasteiger partial charge in [-0.25, -0.2) is 9.59 Å². The average molecular weight is 559 g/mol. The SMILES string of the molecule is CC(C)NC(=O)N1CCN(C(=O)C(Cc2c[nH]c3ccccc23)NC(=O)Nc2ccc(Cl)cc2Cl)CC1C. The summed E-state index contributed by atoms with van der Waals surface area (Å²) in [4.78, 5) is 46.0. The topological polar surface area (TPSA) is 110 Å². The van der Waals surface area contributed by atoms with Crippen molar-refractivity contribution >= 4 is 57.8 Å². The second kappa shape index (κ2) is 12.0. The molecular weight excluding hydrogens is 527 g/mol. The van der Waals surface area contributed by atoms with Crippen molar-refractivity contribution in [3.8, 4) is 0 Å². The molecule has 38 heavy (non-hydrogen) atoms. The van der Waals surface area contributed by atoms with E-state index in [9.17, 15) is 14.4 Å². The minimum atomic E-state index is -0.844. The number of urea groups is 2. The summed E-state index contributed by atoms with van der Waals surface area (Å²) >= 11 is 12.2. The lowest BCUT2D eigenvalue weighted by Crippen LogP contribution is -2.61. The molecule has 0 radical (unpaired) electrons. The van der Waals surface area contributed by atoms with E-state index >= 15 is 0 Å². The van der Waals surface area contributed by atoms with Crippen molar-refractivity contribution in [2.75, 3.05) is 25.0 Å². The van der Waals surface area contributed by atoms with Gasteiger partial charge in [0.1, 0.15) is 6.04 Å². The highest BCUT2D eigenvalue weighted by Crippen LogP contribution is 2.25. The molecule has 2 unspecified atom stereocenters. The molecule has 2 heterocycles. The molecule has 1 aliphatic rings. The second-order valence-corrected chi connectivity index (χ2v) is 10.6. The van der Waals surface area contributed by atoms with Crippen LogP contribution in [0.5, 0.6) is 0 Å². The number of hydrogen-bond donors (Lipinski definition) is 4. The number of carbonyl (C=O) groups excluding carboxylic acids is 3. The Morgan fingerprint density at radius 3 is 2.55 bits per heavy atom. The van der Waals surface area contributed by atoms with Crippen LogP contribution in [-0.2, 0) is 11.2 Å². The summed E-state index contributed by atoms with van der Waals surface area (Å²) in [7, 11) is 0. The summed E-state index contributed by atoms with van der Waals surface area (Å²) in [6.07, 6.45) is 2.14. The van der Waals surface area contributed by atoms with Gasteiger partial charge in [0.25, 0.3) is 0 Å². The van der Waals surface area contributed by atoms with Gasteiger partial charge in [-0.1, -0.05) is 41.4 Å². The predicted octanol–water partition coefficient (Wildman–Crippen LogP) is 4.86. The maximum Gasteiger partial charge on any atom is 0.319 e. The number of halogens is 2. The number of aromatic nitrogens is 1.